The first-order valence-electron chi connectivity index (χ1n) is 19.1. The van der Waals surface area contributed by atoms with Crippen LogP contribution in [0.25, 0.3) is 0 Å². The highest BCUT2D eigenvalue weighted by Gasteiger charge is 2.70. The highest BCUT2D eigenvalue weighted by molar-refractivity contribution is 6.32. The van der Waals surface area contributed by atoms with Crippen LogP contribution >= 0.6 is 11.6 Å². The largest absolute Gasteiger partial charge is 0.508 e. The number of halogens is 1. The zero-order valence-corrected chi connectivity index (χ0v) is 31.3. The summed E-state index contributed by atoms with van der Waals surface area (Å²) in [6.07, 6.45) is 3.93. The van der Waals surface area contributed by atoms with Crippen molar-refractivity contribution in [1.82, 2.24) is 9.80 Å². The number of fused-ring (bicyclic) bond motifs is 4. The first-order valence-corrected chi connectivity index (χ1v) is 19.5. The van der Waals surface area contributed by atoms with Crippen molar-refractivity contribution in [1.29, 1.82) is 0 Å². The van der Waals surface area contributed by atoms with Crippen molar-refractivity contribution in [2.24, 2.45) is 23.7 Å². The Hall–Kier alpha value is -5.25. The molecule has 6 atom stereocenters. The molecule has 280 valence electrons. The maximum atomic E-state index is 15.4. The van der Waals surface area contributed by atoms with E-state index in [1.54, 1.807) is 41.3 Å². The Morgan fingerprint density at radius 2 is 1.55 bits per heavy atom. The van der Waals surface area contributed by atoms with Crippen LogP contribution in [0, 0.1) is 23.7 Å². The van der Waals surface area contributed by atoms with E-state index in [1.165, 1.54) is 23.6 Å². The molecule has 4 aromatic rings. The number of imide groups is 2. The fraction of sp³-hybridized carbons (Fsp3) is 0.333. The van der Waals surface area contributed by atoms with Crippen molar-refractivity contribution in [2.45, 2.75) is 49.6 Å². The zero-order chi connectivity index (χ0) is 38.0. The van der Waals surface area contributed by atoms with Crippen molar-refractivity contribution in [3.63, 3.8) is 0 Å². The van der Waals surface area contributed by atoms with Crippen LogP contribution in [0.15, 0.2) is 115 Å². The third-order valence-corrected chi connectivity index (χ3v) is 13.2. The molecule has 0 spiro atoms. The summed E-state index contributed by atoms with van der Waals surface area (Å²) in [6, 6.07) is 31.1. The average molecular weight is 756 g/mol. The van der Waals surface area contributed by atoms with E-state index in [-0.39, 0.29) is 30.0 Å². The quantitative estimate of drug-likeness (QED) is 0.162. The molecule has 0 bridgehead atoms. The summed E-state index contributed by atoms with van der Waals surface area (Å²) in [4.78, 5) is 64.7. The number of likely N-dealkylation sites (tertiary alicyclic amines) is 2. The predicted molar refractivity (Wildman–Crippen MR) is 207 cm³/mol. The third kappa shape index (κ3) is 5.53. The third-order valence-electron chi connectivity index (χ3n) is 12.9. The molecule has 0 aromatic heterocycles. The highest BCUT2D eigenvalue weighted by Crippen LogP contribution is 2.65. The SMILES string of the molecule is COc1ccc(C2C3=CCC4C(=O)N(C5CCN(Cc6ccccc6)CC5)C(=O)C4C3CC3C(=O)N(c4cccc(Cl)c4)C(=O)C32c2ccccc2)c(O)c1. The molecule has 2 aliphatic carbocycles. The Morgan fingerprint density at radius 1 is 0.818 bits per heavy atom. The Bertz CT molecular complexity index is 2220. The molecule has 4 amide bonds. The average Bonchev–Trinajstić information content (AvgIpc) is 3.59. The number of anilines is 1. The minimum atomic E-state index is -1.47. The number of piperidine rings is 1. The van der Waals surface area contributed by atoms with Gasteiger partial charge >= 0.3 is 0 Å². The van der Waals surface area contributed by atoms with Crippen molar-refractivity contribution in [2.75, 3.05) is 25.1 Å². The molecular weight excluding hydrogens is 714 g/mol. The minimum absolute atomic E-state index is 0.0822. The molecular formula is C45H42ClN3O6. The number of hydrogen-bond donors (Lipinski definition) is 1. The molecule has 3 saturated heterocycles. The number of carbonyl (C=O) groups excluding carboxylic acids is 4. The topological polar surface area (TPSA) is 107 Å². The maximum Gasteiger partial charge on any atom is 0.246 e. The Balaban J connectivity index is 1.13. The van der Waals surface area contributed by atoms with Gasteiger partial charge in [-0.25, -0.2) is 4.90 Å². The summed E-state index contributed by atoms with van der Waals surface area (Å²) >= 11 is 6.43. The monoisotopic (exact) mass is 755 g/mol. The van der Waals surface area contributed by atoms with Crippen LogP contribution in [0.1, 0.15) is 48.3 Å². The number of carbonyl (C=O) groups is 4. The molecule has 6 unspecified atom stereocenters. The number of phenols is 1. The first kappa shape index (κ1) is 35.5. The number of methoxy groups -OCH3 is 1. The molecule has 4 aromatic carbocycles. The molecule has 4 fully saturated rings. The molecule has 1 saturated carbocycles. The van der Waals surface area contributed by atoms with Gasteiger partial charge in [0.05, 0.1) is 36.0 Å². The van der Waals surface area contributed by atoms with E-state index in [0.717, 1.165) is 25.2 Å². The van der Waals surface area contributed by atoms with Gasteiger partial charge in [0.15, 0.2) is 0 Å². The Kier molecular flexibility index (Phi) is 8.89. The van der Waals surface area contributed by atoms with Gasteiger partial charge in [-0.1, -0.05) is 96.0 Å². The number of nitrogens with zero attached hydrogens (tertiary/aromatic N) is 3. The second-order valence-corrected chi connectivity index (χ2v) is 16.0. The molecule has 9 nitrogen and oxygen atoms in total. The fourth-order valence-electron chi connectivity index (χ4n) is 10.5. The summed E-state index contributed by atoms with van der Waals surface area (Å²) in [5, 5.41) is 12.1. The van der Waals surface area contributed by atoms with Gasteiger partial charge < -0.3 is 9.84 Å². The number of rotatable bonds is 7. The molecule has 3 aliphatic heterocycles. The maximum absolute atomic E-state index is 15.4. The highest BCUT2D eigenvalue weighted by atomic mass is 35.5. The van der Waals surface area contributed by atoms with Gasteiger partial charge in [0.25, 0.3) is 0 Å². The summed E-state index contributed by atoms with van der Waals surface area (Å²) in [5.74, 6) is -4.30. The van der Waals surface area contributed by atoms with Crippen molar-refractivity contribution >= 4 is 40.9 Å². The van der Waals surface area contributed by atoms with Crippen LogP contribution in [0.2, 0.25) is 5.02 Å². The van der Waals surface area contributed by atoms with Crippen molar-refractivity contribution in [3.05, 3.63) is 136 Å². The summed E-state index contributed by atoms with van der Waals surface area (Å²) in [6.45, 7) is 2.36. The Morgan fingerprint density at radius 3 is 2.24 bits per heavy atom. The number of amides is 4. The smallest absolute Gasteiger partial charge is 0.246 e. The normalized spacial score (nSPS) is 28.2. The minimum Gasteiger partial charge on any atom is -0.508 e. The lowest BCUT2D eigenvalue weighted by Gasteiger charge is -2.50. The molecule has 5 aliphatic rings. The van der Waals surface area contributed by atoms with Crippen LogP contribution in [-0.4, -0.2) is 64.8 Å². The molecule has 10 heteroatoms. The molecule has 1 N–H and O–H groups in total. The molecule has 3 heterocycles. The lowest BCUT2D eigenvalue weighted by molar-refractivity contribution is -0.144. The number of aromatic hydroxyl groups is 1. The van der Waals surface area contributed by atoms with Gasteiger partial charge in [-0.15, -0.1) is 0 Å². The van der Waals surface area contributed by atoms with Gasteiger partial charge in [0.1, 0.15) is 11.5 Å². The van der Waals surface area contributed by atoms with Crippen LogP contribution in [0.4, 0.5) is 5.69 Å². The number of phenolic OH excluding ortho intramolecular Hbond substituents is 1. The van der Waals surface area contributed by atoms with Crippen LogP contribution in [0.3, 0.4) is 0 Å². The lowest BCUT2D eigenvalue weighted by atomic mass is 9.49. The first-order chi connectivity index (χ1) is 26.7. The van der Waals surface area contributed by atoms with Crippen LogP contribution in [-0.2, 0) is 31.1 Å². The Labute approximate surface area is 325 Å². The zero-order valence-electron chi connectivity index (χ0n) is 30.5. The van der Waals surface area contributed by atoms with E-state index in [9.17, 15) is 19.5 Å². The molecule has 0 radical (unpaired) electrons. The van der Waals surface area contributed by atoms with Crippen molar-refractivity contribution < 1.29 is 29.0 Å². The second kappa shape index (κ2) is 13.8. The van der Waals surface area contributed by atoms with Gasteiger partial charge in [0, 0.05) is 48.2 Å². The summed E-state index contributed by atoms with van der Waals surface area (Å²) < 4.78 is 5.45. The molecule has 55 heavy (non-hydrogen) atoms. The molecule has 9 rings (SSSR count). The predicted octanol–water partition coefficient (Wildman–Crippen LogP) is 6.88. The number of allylic oxidation sites excluding steroid dienone is 2. The number of ether oxygens (including phenoxy) is 1. The van der Waals surface area contributed by atoms with Gasteiger partial charge in [-0.2, -0.15) is 0 Å². The van der Waals surface area contributed by atoms with Gasteiger partial charge in [0.2, 0.25) is 23.6 Å². The van der Waals surface area contributed by atoms with Gasteiger partial charge in [-0.05, 0) is 67.0 Å². The van der Waals surface area contributed by atoms with E-state index >= 15 is 4.79 Å². The number of hydrogen-bond acceptors (Lipinski definition) is 7. The summed E-state index contributed by atoms with van der Waals surface area (Å²) in [7, 11) is 1.51. The van der Waals surface area contributed by atoms with Gasteiger partial charge in [-0.3, -0.25) is 29.0 Å². The standard InChI is InChI=1S/C45H42ClN3O6/c1-55-32-15-16-34(38(50)24-32)40-33-17-18-35-39(43(53)48(41(35)51)30-19-21-47(22-20-30)26-27-9-4-2-5-10-27)36(33)25-37-42(52)49(31-14-8-13-29(46)23-31)44(54)45(37,40)28-11-6-3-7-12-28/h2-17,23-24,30,35-37,39-40,50H,18-22,25-26H2,1H3. The number of benzene rings is 4. The summed E-state index contributed by atoms with van der Waals surface area (Å²) in [5.41, 5.74) is 2.01. The van der Waals surface area contributed by atoms with E-state index in [4.69, 9.17) is 16.3 Å². The second-order valence-electron chi connectivity index (χ2n) is 15.6. The van der Waals surface area contributed by atoms with Crippen LogP contribution in [0.5, 0.6) is 11.5 Å². The van der Waals surface area contributed by atoms with E-state index in [2.05, 4.69) is 17.0 Å². The van der Waals surface area contributed by atoms with E-state index in [1.807, 2.05) is 54.6 Å². The van der Waals surface area contributed by atoms with Crippen molar-refractivity contribution in [3.8, 4) is 11.5 Å². The van der Waals surface area contributed by atoms with Crippen LogP contribution < -0.4 is 9.64 Å². The van der Waals surface area contributed by atoms with E-state index < -0.39 is 46.8 Å². The lowest BCUT2D eigenvalue weighted by Crippen LogP contribution is -2.53. The fourth-order valence-corrected chi connectivity index (χ4v) is 10.7. The van der Waals surface area contributed by atoms with E-state index in [0.29, 0.717) is 46.8 Å².